The van der Waals surface area contributed by atoms with E-state index in [-0.39, 0.29) is 23.0 Å². The maximum absolute atomic E-state index is 13.3. The molecule has 1 atom stereocenters. The predicted molar refractivity (Wildman–Crippen MR) is 119 cm³/mol. The van der Waals surface area contributed by atoms with Crippen molar-refractivity contribution in [2.24, 2.45) is 5.92 Å². The molecular weight excluding hydrogens is 432 g/mol. The average molecular weight is 461 g/mol. The number of benzene rings is 2. The molecule has 0 radical (unpaired) electrons. The van der Waals surface area contributed by atoms with Crippen molar-refractivity contribution in [2.45, 2.75) is 31.0 Å². The zero-order valence-electron chi connectivity index (χ0n) is 18.2. The molecule has 1 N–H and O–H groups in total. The summed E-state index contributed by atoms with van der Waals surface area (Å²) in [6, 6.07) is 11.2. The Hall–Kier alpha value is -2.62. The molecule has 2 aromatic rings. The Labute approximate surface area is 188 Å². The maximum atomic E-state index is 13.3. The summed E-state index contributed by atoms with van der Waals surface area (Å²) >= 11 is 0. The van der Waals surface area contributed by atoms with Crippen molar-refractivity contribution in [3.05, 3.63) is 53.6 Å². The van der Waals surface area contributed by atoms with Gasteiger partial charge in [-0.05, 0) is 61.7 Å². The second-order valence-corrected chi connectivity index (χ2v) is 9.76. The molecule has 2 saturated heterocycles. The second-order valence-electron chi connectivity index (χ2n) is 8.07. The number of ether oxygens (including phenoxy) is 3. The van der Waals surface area contributed by atoms with Gasteiger partial charge >= 0.3 is 0 Å². The van der Waals surface area contributed by atoms with E-state index in [2.05, 4.69) is 4.72 Å². The van der Waals surface area contributed by atoms with Crippen LogP contribution in [0.25, 0.3) is 0 Å². The summed E-state index contributed by atoms with van der Waals surface area (Å²) in [6.45, 7) is 4.13. The highest BCUT2D eigenvalue weighted by molar-refractivity contribution is 7.92. The molecule has 2 aliphatic rings. The van der Waals surface area contributed by atoms with Gasteiger partial charge in [0.2, 0.25) is 0 Å². The van der Waals surface area contributed by atoms with Crippen molar-refractivity contribution in [1.29, 1.82) is 0 Å². The fourth-order valence-electron chi connectivity index (χ4n) is 4.11. The zero-order valence-corrected chi connectivity index (χ0v) is 19.1. The molecule has 8 nitrogen and oxygen atoms in total. The van der Waals surface area contributed by atoms with Gasteiger partial charge in [-0.1, -0.05) is 6.07 Å². The molecule has 4 rings (SSSR count). The van der Waals surface area contributed by atoms with Crippen molar-refractivity contribution in [3.63, 3.8) is 0 Å². The van der Waals surface area contributed by atoms with E-state index >= 15 is 0 Å². The summed E-state index contributed by atoms with van der Waals surface area (Å²) in [5.74, 6) is 0.579. The van der Waals surface area contributed by atoms with Gasteiger partial charge in [0.25, 0.3) is 15.9 Å². The minimum Gasteiger partial charge on any atom is -0.497 e. The van der Waals surface area contributed by atoms with Crippen LogP contribution in [0, 0.1) is 12.8 Å². The number of piperidine rings is 1. The molecule has 1 unspecified atom stereocenters. The lowest BCUT2D eigenvalue weighted by Crippen LogP contribution is -2.44. The first kappa shape index (κ1) is 22.6. The van der Waals surface area contributed by atoms with Gasteiger partial charge in [0, 0.05) is 30.3 Å². The van der Waals surface area contributed by atoms with Crippen LogP contribution in [0.1, 0.15) is 28.8 Å². The number of hydrogen-bond donors (Lipinski definition) is 1. The topological polar surface area (TPSA) is 94.2 Å². The standard InChI is InChI=1S/C23H28N2O6S/c1-16-5-10-20(32(27,28)24-18-6-8-19(29-2)9-7-18)14-21(16)22(26)25-11-3-4-17(15-25)23-30-12-13-31-23/h5-10,14,17,23-24H,3-4,11-13,15H2,1-2H3. The fraction of sp³-hybridized carbons (Fsp3) is 0.435. The number of rotatable bonds is 6. The van der Waals surface area contributed by atoms with E-state index in [9.17, 15) is 13.2 Å². The van der Waals surface area contributed by atoms with Gasteiger partial charge < -0.3 is 19.1 Å². The van der Waals surface area contributed by atoms with Crippen LogP contribution in [0.3, 0.4) is 0 Å². The maximum Gasteiger partial charge on any atom is 0.261 e. The number of carbonyl (C=O) groups excluding carboxylic acids is 1. The lowest BCUT2D eigenvalue weighted by atomic mass is 9.96. The predicted octanol–water partition coefficient (Wildman–Crippen LogP) is 3.03. The van der Waals surface area contributed by atoms with Crippen molar-refractivity contribution in [2.75, 3.05) is 38.1 Å². The van der Waals surface area contributed by atoms with Crippen LogP contribution in [-0.2, 0) is 19.5 Å². The molecule has 9 heteroatoms. The third-order valence-corrected chi connectivity index (χ3v) is 7.25. The van der Waals surface area contributed by atoms with Gasteiger partial charge in [-0.3, -0.25) is 9.52 Å². The summed E-state index contributed by atoms with van der Waals surface area (Å²) in [5, 5.41) is 0. The van der Waals surface area contributed by atoms with Crippen LogP contribution in [0.5, 0.6) is 5.75 Å². The van der Waals surface area contributed by atoms with Gasteiger partial charge in [0.15, 0.2) is 6.29 Å². The average Bonchev–Trinajstić information content (AvgIpc) is 3.34. The zero-order chi connectivity index (χ0) is 22.7. The summed E-state index contributed by atoms with van der Waals surface area (Å²) < 4.78 is 44.8. The Bertz CT molecular complexity index is 1060. The third kappa shape index (κ3) is 4.90. The van der Waals surface area contributed by atoms with Crippen LogP contribution in [0.15, 0.2) is 47.4 Å². The number of amides is 1. The van der Waals surface area contributed by atoms with Gasteiger partial charge in [-0.15, -0.1) is 0 Å². The molecule has 2 aromatic carbocycles. The Morgan fingerprint density at radius 2 is 1.84 bits per heavy atom. The normalized spacial score (nSPS) is 19.7. The molecule has 172 valence electrons. The van der Waals surface area contributed by atoms with Crippen LogP contribution in [0.4, 0.5) is 5.69 Å². The van der Waals surface area contributed by atoms with Gasteiger partial charge in [0.05, 0.1) is 25.2 Å². The van der Waals surface area contributed by atoms with E-state index in [1.807, 2.05) is 6.92 Å². The molecule has 32 heavy (non-hydrogen) atoms. The van der Waals surface area contributed by atoms with Crippen molar-refractivity contribution < 1.29 is 27.4 Å². The van der Waals surface area contributed by atoms with Gasteiger partial charge in [-0.2, -0.15) is 0 Å². The van der Waals surface area contributed by atoms with Gasteiger partial charge in [0.1, 0.15) is 5.75 Å². The van der Waals surface area contributed by atoms with Crippen molar-refractivity contribution >= 4 is 21.6 Å². The first-order valence-corrected chi connectivity index (χ1v) is 12.2. The number of aryl methyl sites for hydroxylation is 1. The van der Waals surface area contributed by atoms with Crippen LogP contribution >= 0.6 is 0 Å². The summed E-state index contributed by atoms with van der Waals surface area (Å²) in [6.07, 6.45) is 1.52. The number of nitrogens with zero attached hydrogens (tertiary/aromatic N) is 1. The molecule has 0 spiro atoms. The van der Waals surface area contributed by atoms with Crippen LogP contribution in [-0.4, -0.2) is 58.9 Å². The minimum absolute atomic E-state index is 0.0401. The van der Waals surface area contributed by atoms with E-state index in [1.54, 1.807) is 42.3 Å². The Morgan fingerprint density at radius 3 is 2.53 bits per heavy atom. The Morgan fingerprint density at radius 1 is 1.12 bits per heavy atom. The third-order valence-electron chi connectivity index (χ3n) is 5.87. The van der Waals surface area contributed by atoms with Crippen LogP contribution < -0.4 is 9.46 Å². The van der Waals surface area contributed by atoms with Crippen molar-refractivity contribution in [1.82, 2.24) is 4.90 Å². The lowest BCUT2D eigenvalue weighted by molar-refractivity contribution is -0.0969. The molecule has 1 amide bonds. The molecule has 0 bridgehead atoms. The molecule has 2 aliphatic heterocycles. The number of anilines is 1. The first-order valence-electron chi connectivity index (χ1n) is 10.7. The number of hydrogen-bond acceptors (Lipinski definition) is 6. The number of nitrogens with one attached hydrogen (secondary N) is 1. The Kier molecular flexibility index (Phi) is 6.68. The summed E-state index contributed by atoms with van der Waals surface area (Å²) in [4.78, 5) is 15.1. The molecule has 2 fully saturated rings. The van der Waals surface area contributed by atoms with E-state index in [4.69, 9.17) is 14.2 Å². The van der Waals surface area contributed by atoms with E-state index in [0.29, 0.717) is 43.3 Å². The highest BCUT2D eigenvalue weighted by atomic mass is 32.2. The summed E-state index contributed by atoms with van der Waals surface area (Å²) in [7, 11) is -2.32. The number of likely N-dealkylation sites (tertiary alicyclic amines) is 1. The second kappa shape index (κ2) is 9.48. The lowest BCUT2D eigenvalue weighted by Gasteiger charge is -2.35. The fourth-order valence-corrected chi connectivity index (χ4v) is 5.19. The quantitative estimate of drug-likeness (QED) is 0.712. The highest BCUT2D eigenvalue weighted by Crippen LogP contribution is 2.27. The molecule has 0 aliphatic carbocycles. The number of carbonyl (C=O) groups is 1. The van der Waals surface area contributed by atoms with E-state index in [0.717, 1.165) is 18.4 Å². The molecule has 2 heterocycles. The molecular formula is C23H28N2O6S. The highest BCUT2D eigenvalue weighted by Gasteiger charge is 2.33. The van der Waals surface area contributed by atoms with Crippen LogP contribution in [0.2, 0.25) is 0 Å². The van der Waals surface area contributed by atoms with Gasteiger partial charge in [-0.25, -0.2) is 8.42 Å². The smallest absolute Gasteiger partial charge is 0.261 e. The monoisotopic (exact) mass is 460 g/mol. The minimum atomic E-state index is -3.86. The molecule has 0 saturated carbocycles. The summed E-state index contributed by atoms with van der Waals surface area (Å²) in [5.41, 5.74) is 1.53. The molecule has 0 aromatic heterocycles. The first-order chi connectivity index (χ1) is 15.4. The SMILES string of the molecule is COc1ccc(NS(=O)(=O)c2ccc(C)c(C(=O)N3CCCC(C4OCCO4)C3)c2)cc1. The number of sulfonamides is 1. The van der Waals surface area contributed by atoms with E-state index in [1.165, 1.54) is 12.1 Å². The largest absolute Gasteiger partial charge is 0.497 e. The Balaban J connectivity index is 1.52. The number of methoxy groups -OCH3 is 1. The van der Waals surface area contributed by atoms with Crippen molar-refractivity contribution in [3.8, 4) is 5.75 Å². The van der Waals surface area contributed by atoms with E-state index < -0.39 is 10.0 Å².